The number of esters is 1. The first-order valence-electron chi connectivity index (χ1n) is 13.3. The van der Waals surface area contributed by atoms with Crippen molar-refractivity contribution in [3.63, 3.8) is 0 Å². The third kappa shape index (κ3) is 7.48. The van der Waals surface area contributed by atoms with Crippen LogP contribution in [0.1, 0.15) is 45.4 Å². The summed E-state index contributed by atoms with van der Waals surface area (Å²) in [5.41, 5.74) is 6.39. The molecule has 1 aliphatic heterocycles. The zero-order chi connectivity index (χ0) is 30.4. The molecule has 0 aliphatic carbocycles. The highest BCUT2D eigenvalue weighted by Crippen LogP contribution is 2.32. The molecule has 2 aromatic heterocycles. The molecule has 2 unspecified atom stereocenters. The van der Waals surface area contributed by atoms with E-state index in [-0.39, 0.29) is 30.9 Å². The normalized spacial score (nSPS) is 21.1. The number of nitrogens with one attached hydrogen (secondary N) is 2. The lowest BCUT2D eigenvalue weighted by Crippen LogP contribution is -2.55. The summed E-state index contributed by atoms with van der Waals surface area (Å²) >= 11 is 0. The number of carbonyl (C=O) groups excluding carboxylic acids is 3. The largest absolute Gasteiger partial charge is 0.461 e. The Bertz CT molecular complexity index is 1390. The van der Waals surface area contributed by atoms with E-state index >= 15 is 0 Å². The van der Waals surface area contributed by atoms with Crippen LogP contribution in [0.3, 0.4) is 0 Å². The number of nitrogens with two attached hydrogens (primary N) is 1. The van der Waals surface area contributed by atoms with Gasteiger partial charge >= 0.3 is 12.1 Å². The number of aliphatic hydroxyl groups is 2. The van der Waals surface area contributed by atoms with E-state index in [0.29, 0.717) is 5.52 Å². The zero-order valence-corrected chi connectivity index (χ0v) is 23.5. The molecule has 1 fully saturated rings. The second kappa shape index (κ2) is 13.1. The van der Waals surface area contributed by atoms with Crippen LogP contribution in [0.25, 0.3) is 11.2 Å². The fourth-order valence-corrected chi connectivity index (χ4v) is 4.42. The monoisotopic (exact) mass is 585 g/mol. The maximum atomic E-state index is 13.4. The van der Waals surface area contributed by atoms with Crippen LogP contribution in [0, 0.1) is 0 Å². The lowest BCUT2D eigenvalue weighted by atomic mass is 10.1. The first-order valence-corrected chi connectivity index (χ1v) is 13.3. The molecule has 0 spiro atoms. The summed E-state index contributed by atoms with van der Waals surface area (Å²) in [4.78, 5) is 50.6. The van der Waals surface area contributed by atoms with Crippen LogP contribution in [-0.2, 0) is 30.4 Å². The number of imidazole rings is 1. The van der Waals surface area contributed by atoms with Gasteiger partial charge in [0, 0.05) is 6.42 Å². The van der Waals surface area contributed by atoms with E-state index in [1.165, 1.54) is 17.2 Å². The van der Waals surface area contributed by atoms with Gasteiger partial charge in [0.1, 0.15) is 42.3 Å². The molecule has 3 heterocycles. The van der Waals surface area contributed by atoms with Crippen LogP contribution >= 0.6 is 0 Å². The number of carbonyl (C=O) groups is 3. The number of ether oxygens (including phenoxy) is 3. The van der Waals surface area contributed by atoms with Crippen molar-refractivity contribution in [2.75, 3.05) is 12.3 Å². The number of alkyl carbamates (subject to hydrolysis) is 1. The van der Waals surface area contributed by atoms with Gasteiger partial charge in [-0.3, -0.25) is 14.2 Å². The fraction of sp³-hybridized carbons (Fsp3) is 0.481. The van der Waals surface area contributed by atoms with Gasteiger partial charge in [-0.05, 0) is 32.8 Å². The number of rotatable bonds is 10. The van der Waals surface area contributed by atoms with E-state index < -0.39 is 60.7 Å². The quantitative estimate of drug-likeness (QED) is 0.207. The van der Waals surface area contributed by atoms with Crippen molar-refractivity contribution in [3.05, 3.63) is 48.5 Å². The average molecular weight is 586 g/mol. The lowest BCUT2D eigenvalue weighted by molar-refractivity contribution is -0.145. The molecule has 0 saturated carbocycles. The molecule has 226 valence electrons. The second-order valence-corrected chi connectivity index (χ2v) is 10.7. The van der Waals surface area contributed by atoms with Gasteiger partial charge in [0.05, 0.1) is 19.0 Å². The number of nitrogens with zero attached hydrogens (tertiary/aromatic N) is 4. The number of fused-ring (bicyclic) bond motifs is 1. The molecule has 6 N–H and O–H groups in total. The van der Waals surface area contributed by atoms with E-state index in [4.69, 9.17) is 19.9 Å². The van der Waals surface area contributed by atoms with Crippen LogP contribution in [0.4, 0.5) is 10.6 Å². The Morgan fingerprint density at radius 2 is 1.90 bits per heavy atom. The Morgan fingerprint density at radius 1 is 1.17 bits per heavy atom. The average Bonchev–Trinajstić information content (AvgIpc) is 3.50. The SMILES string of the molecule is CC(C)(C)OC(=O)NC(CCC(=O)OCc1ccccc1)C(=O)N[C@@H]1C(CO)O[C@@H](n2cnc3c(N)ncnc32)[C@H]1O. The molecule has 5 atom stereocenters. The Hall–Kier alpha value is -4.34. The Labute approximate surface area is 241 Å². The summed E-state index contributed by atoms with van der Waals surface area (Å²) in [6.45, 7) is 4.51. The molecule has 3 aromatic rings. The molecular weight excluding hydrogens is 550 g/mol. The summed E-state index contributed by atoms with van der Waals surface area (Å²) in [7, 11) is 0. The fourth-order valence-electron chi connectivity index (χ4n) is 4.42. The van der Waals surface area contributed by atoms with Crippen molar-refractivity contribution < 1.29 is 38.8 Å². The smallest absolute Gasteiger partial charge is 0.408 e. The van der Waals surface area contributed by atoms with Gasteiger partial charge in [-0.25, -0.2) is 19.7 Å². The van der Waals surface area contributed by atoms with E-state index in [0.717, 1.165) is 5.56 Å². The van der Waals surface area contributed by atoms with Crippen LogP contribution in [0.5, 0.6) is 0 Å². The number of benzene rings is 1. The van der Waals surface area contributed by atoms with E-state index in [1.807, 2.05) is 30.3 Å². The van der Waals surface area contributed by atoms with Crippen molar-refractivity contribution in [1.29, 1.82) is 0 Å². The molecule has 4 rings (SSSR count). The number of hydrogen-bond acceptors (Lipinski definition) is 12. The van der Waals surface area contributed by atoms with Gasteiger partial charge in [0.2, 0.25) is 5.91 Å². The minimum Gasteiger partial charge on any atom is -0.461 e. The molecule has 42 heavy (non-hydrogen) atoms. The number of amides is 2. The predicted molar refractivity (Wildman–Crippen MR) is 147 cm³/mol. The highest BCUT2D eigenvalue weighted by atomic mass is 16.6. The van der Waals surface area contributed by atoms with Crippen LogP contribution < -0.4 is 16.4 Å². The van der Waals surface area contributed by atoms with Gasteiger partial charge < -0.3 is 40.8 Å². The molecule has 1 saturated heterocycles. The first-order chi connectivity index (χ1) is 20.0. The Balaban J connectivity index is 1.45. The Kier molecular flexibility index (Phi) is 9.55. The van der Waals surface area contributed by atoms with E-state index in [9.17, 15) is 24.6 Å². The predicted octanol–water partition coefficient (Wildman–Crippen LogP) is 0.561. The van der Waals surface area contributed by atoms with Gasteiger partial charge in [0.25, 0.3) is 0 Å². The summed E-state index contributed by atoms with van der Waals surface area (Å²) in [5, 5.41) is 26.2. The highest BCUT2D eigenvalue weighted by Gasteiger charge is 2.46. The molecule has 0 bridgehead atoms. The number of aromatic nitrogens is 4. The van der Waals surface area contributed by atoms with Gasteiger partial charge in [0.15, 0.2) is 17.7 Å². The van der Waals surface area contributed by atoms with Crippen molar-refractivity contribution in [3.8, 4) is 0 Å². The van der Waals surface area contributed by atoms with Gasteiger partial charge in [-0.2, -0.15) is 0 Å². The molecule has 15 nitrogen and oxygen atoms in total. The third-order valence-corrected chi connectivity index (χ3v) is 6.41. The van der Waals surface area contributed by atoms with Gasteiger partial charge in [-0.1, -0.05) is 30.3 Å². The number of nitrogen functional groups attached to an aromatic ring is 1. The maximum Gasteiger partial charge on any atom is 0.408 e. The summed E-state index contributed by atoms with van der Waals surface area (Å²) in [6.07, 6.45) is -2.08. The molecule has 1 aliphatic rings. The molecule has 1 aromatic carbocycles. The minimum absolute atomic E-state index is 0.0563. The third-order valence-electron chi connectivity index (χ3n) is 6.41. The lowest BCUT2D eigenvalue weighted by Gasteiger charge is -2.26. The molecular formula is C27H35N7O8. The Morgan fingerprint density at radius 3 is 2.60 bits per heavy atom. The summed E-state index contributed by atoms with van der Waals surface area (Å²) < 4.78 is 17.9. The van der Waals surface area contributed by atoms with Crippen LogP contribution in [0.15, 0.2) is 43.0 Å². The topological polar surface area (TPSA) is 213 Å². The summed E-state index contributed by atoms with van der Waals surface area (Å²) in [5.74, 6) is -1.17. The van der Waals surface area contributed by atoms with E-state index in [2.05, 4.69) is 25.6 Å². The van der Waals surface area contributed by atoms with Crippen molar-refractivity contribution in [1.82, 2.24) is 30.2 Å². The van der Waals surface area contributed by atoms with Crippen LogP contribution in [-0.4, -0.2) is 84.2 Å². The van der Waals surface area contributed by atoms with Crippen molar-refractivity contribution >= 4 is 35.0 Å². The van der Waals surface area contributed by atoms with Crippen LogP contribution in [0.2, 0.25) is 0 Å². The van der Waals surface area contributed by atoms with E-state index in [1.54, 1.807) is 20.8 Å². The number of aliphatic hydroxyl groups excluding tert-OH is 2. The van der Waals surface area contributed by atoms with Crippen molar-refractivity contribution in [2.24, 2.45) is 0 Å². The molecule has 2 amide bonds. The maximum absolute atomic E-state index is 13.4. The molecule has 15 heteroatoms. The number of hydrogen-bond donors (Lipinski definition) is 5. The summed E-state index contributed by atoms with van der Waals surface area (Å²) in [6, 6.07) is 6.75. The minimum atomic E-state index is -1.36. The van der Waals surface area contributed by atoms with Gasteiger partial charge in [-0.15, -0.1) is 0 Å². The van der Waals surface area contributed by atoms with Crippen molar-refractivity contribution in [2.45, 2.75) is 76.3 Å². The first kappa shape index (κ1) is 30.6. The standard InChI is InChI=1S/C27H35N7O8/c1-27(2,3)42-26(39)32-16(9-10-18(36)40-12-15-7-5-4-6-8-15)24(38)33-19-17(11-35)41-25(21(19)37)34-14-31-20-22(28)29-13-30-23(20)34/h4-8,13-14,16-17,19,21,25,35,37H,9-12H2,1-3H3,(H,32,39)(H,33,38)(H2,28,29,30)/t16?,17?,19-,21+,25-/m1/s1. The molecule has 0 radical (unpaired) electrons. The zero-order valence-electron chi connectivity index (χ0n) is 23.5. The highest BCUT2D eigenvalue weighted by molar-refractivity contribution is 5.86. The second-order valence-electron chi connectivity index (χ2n) is 10.7. The number of anilines is 1.